The summed E-state index contributed by atoms with van der Waals surface area (Å²) in [6, 6.07) is -0.572. The first kappa shape index (κ1) is 16.7. The molecule has 1 amide bonds. The number of hydrogen-bond donors (Lipinski definition) is 4. The highest BCUT2D eigenvalue weighted by Crippen LogP contribution is 2.09. The molecule has 0 aliphatic carbocycles. The lowest BCUT2D eigenvalue weighted by molar-refractivity contribution is -0.124. The third-order valence-corrected chi connectivity index (χ3v) is 3.58. The number of aromatic amines is 1. The van der Waals surface area contributed by atoms with Crippen LogP contribution in [0.3, 0.4) is 0 Å². The van der Waals surface area contributed by atoms with Crippen LogP contribution in [0.2, 0.25) is 0 Å². The van der Waals surface area contributed by atoms with Crippen LogP contribution < -0.4 is 16.8 Å². The lowest BCUT2D eigenvalue weighted by Gasteiger charge is -2.16. The van der Waals surface area contributed by atoms with Gasteiger partial charge in [-0.1, -0.05) is 11.8 Å². The number of H-pyrrole nitrogens is 1. The highest BCUT2D eigenvalue weighted by molar-refractivity contribution is 8.13. The van der Waals surface area contributed by atoms with Gasteiger partial charge in [0.05, 0.1) is 6.33 Å². The fraction of sp³-hybridized carbons (Fsp3) is 0.583. The molecule has 0 aromatic carbocycles. The zero-order chi connectivity index (χ0) is 14.8. The van der Waals surface area contributed by atoms with Crippen LogP contribution in [0.15, 0.2) is 12.5 Å². The third-order valence-electron chi connectivity index (χ3n) is 2.57. The van der Waals surface area contributed by atoms with Crippen molar-refractivity contribution in [2.24, 2.45) is 11.5 Å². The van der Waals surface area contributed by atoms with Gasteiger partial charge >= 0.3 is 0 Å². The fourth-order valence-electron chi connectivity index (χ4n) is 1.60. The molecular weight excluding hydrogens is 278 g/mol. The second-order valence-electron chi connectivity index (χ2n) is 4.25. The van der Waals surface area contributed by atoms with Gasteiger partial charge in [-0.15, -0.1) is 0 Å². The summed E-state index contributed by atoms with van der Waals surface area (Å²) in [4.78, 5) is 30.6. The minimum atomic E-state index is -0.572. The van der Waals surface area contributed by atoms with E-state index in [2.05, 4.69) is 15.3 Å². The first-order chi connectivity index (χ1) is 9.67. The van der Waals surface area contributed by atoms with Gasteiger partial charge in [0.1, 0.15) is 6.04 Å². The molecule has 20 heavy (non-hydrogen) atoms. The van der Waals surface area contributed by atoms with E-state index in [1.54, 1.807) is 12.5 Å². The fourth-order valence-corrected chi connectivity index (χ4v) is 2.26. The van der Waals surface area contributed by atoms with Crippen molar-refractivity contribution in [1.29, 1.82) is 0 Å². The molecule has 0 unspecified atom stereocenters. The second kappa shape index (κ2) is 9.51. The molecule has 0 saturated carbocycles. The van der Waals surface area contributed by atoms with Crippen LogP contribution >= 0.6 is 11.8 Å². The van der Waals surface area contributed by atoms with E-state index >= 15 is 0 Å². The molecule has 0 fully saturated rings. The van der Waals surface area contributed by atoms with Gasteiger partial charge in [-0.05, 0) is 13.0 Å². The average Bonchev–Trinajstić information content (AvgIpc) is 2.94. The zero-order valence-electron chi connectivity index (χ0n) is 11.3. The maximum absolute atomic E-state index is 12.1. The van der Waals surface area contributed by atoms with E-state index in [1.807, 2.05) is 0 Å². The molecule has 0 radical (unpaired) electrons. The molecule has 112 valence electrons. The van der Waals surface area contributed by atoms with Crippen LogP contribution in [0.4, 0.5) is 0 Å². The second-order valence-corrected chi connectivity index (χ2v) is 5.35. The minimum absolute atomic E-state index is 0.0915. The van der Waals surface area contributed by atoms with Gasteiger partial charge < -0.3 is 21.8 Å². The molecule has 1 atom stereocenters. The number of nitrogens with two attached hydrogens (primary N) is 2. The molecule has 0 saturated heterocycles. The van der Waals surface area contributed by atoms with Gasteiger partial charge in [0.15, 0.2) is 0 Å². The van der Waals surface area contributed by atoms with Crippen LogP contribution in [0.1, 0.15) is 18.5 Å². The molecule has 1 aromatic heterocycles. The van der Waals surface area contributed by atoms with E-state index in [0.717, 1.165) is 17.5 Å². The van der Waals surface area contributed by atoms with Crippen molar-refractivity contribution in [3.8, 4) is 0 Å². The summed E-state index contributed by atoms with van der Waals surface area (Å²) >= 11 is 1.13. The Morgan fingerprint density at radius 3 is 2.80 bits per heavy atom. The number of thioether (sulfide) groups is 1. The molecule has 0 aliphatic heterocycles. The first-order valence-electron chi connectivity index (χ1n) is 6.50. The normalized spacial score (nSPS) is 12.1. The molecule has 7 nitrogen and oxygen atoms in total. The maximum atomic E-state index is 12.1. The van der Waals surface area contributed by atoms with Crippen LogP contribution in [0, 0.1) is 0 Å². The Morgan fingerprint density at radius 2 is 2.20 bits per heavy atom. The van der Waals surface area contributed by atoms with Crippen molar-refractivity contribution in [2.45, 2.75) is 25.3 Å². The lowest BCUT2D eigenvalue weighted by Crippen LogP contribution is -2.41. The SMILES string of the molecule is NCCCC(=O)N[C@@H](Cc1cnc[nH]1)C(=O)SCCN. The predicted molar refractivity (Wildman–Crippen MR) is 79.0 cm³/mol. The molecule has 1 heterocycles. The Bertz CT molecular complexity index is 410. The van der Waals surface area contributed by atoms with Gasteiger partial charge in [0.2, 0.25) is 11.0 Å². The summed E-state index contributed by atoms with van der Waals surface area (Å²) in [5.74, 6) is 0.374. The topological polar surface area (TPSA) is 127 Å². The summed E-state index contributed by atoms with van der Waals surface area (Å²) in [6.45, 7) is 0.878. The summed E-state index contributed by atoms with van der Waals surface area (Å²) < 4.78 is 0. The highest BCUT2D eigenvalue weighted by atomic mass is 32.2. The Kier molecular flexibility index (Phi) is 7.93. The number of imidazole rings is 1. The van der Waals surface area contributed by atoms with E-state index in [0.29, 0.717) is 38.1 Å². The van der Waals surface area contributed by atoms with Crippen LogP contribution in [0.5, 0.6) is 0 Å². The zero-order valence-corrected chi connectivity index (χ0v) is 12.1. The van der Waals surface area contributed by atoms with Gasteiger partial charge in [0.25, 0.3) is 0 Å². The van der Waals surface area contributed by atoms with Crippen molar-refractivity contribution < 1.29 is 9.59 Å². The number of nitrogens with one attached hydrogen (secondary N) is 2. The Labute approximate surface area is 122 Å². The van der Waals surface area contributed by atoms with Gasteiger partial charge in [-0.2, -0.15) is 0 Å². The van der Waals surface area contributed by atoms with Gasteiger partial charge in [0, 0.05) is 37.0 Å². The maximum Gasteiger partial charge on any atom is 0.220 e. The highest BCUT2D eigenvalue weighted by Gasteiger charge is 2.21. The van der Waals surface area contributed by atoms with Crippen molar-refractivity contribution in [3.05, 3.63) is 18.2 Å². The smallest absolute Gasteiger partial charge is 0.220 e. The summed E-state index contributed by atoms with van der Waals surface area (Å²) in [6.07, 6.45) is 4.50. The molecule has 6 N–H and O–H groups in total. The van der Waals surface area contributed by atoms with Crippen molar-refractivity contribution in [3.63, 3.8) is 0 Å². The summed E-state index contributed by atoms with van der Waals surface area (Å²) in [5, 5.41) is 2.65. The number of rotatable bonds is 9. The molecule has 1 rings (SSSR count). The first-order valence-corrected chi connectivity index (χ1v) is 7.49. The van der Waals surface area contributed by atoms with Gasteiger partial charge in [-0.25, -0.2) is 4.98 Å². The van der Waals surface area contributed by atoms with Crippen molar-refractivity contribution in [1.82, 2.24) is 15.3 Å². The molecule has 0 spiro atoms. The van der Waals surface area contributed by atoms with E-state index in [4.69, 9.17) is 11.5 Å². The Hall–Kier alpha value is -1.38. The number of carbonyl (C=O) groups excluding carboxylic acids is 2. The van der Waals surface area contributed by atoms with E-state index in [1.165, 1.54) is 0 Å². The number of nitrogens with zero attached hydrogens (tertiary/aromatic N) is 1. The van der Waals surface area contributed by atoms with Gasteiger partial charge in [-0.3, -0.25) is 9.59 Å². The average molecular weight is 299 g/mol. The van der Waals surface area contributed by atoms with Crippen molar-refractivity contribution in [2.75, 3.05) is 18.8 Å². The Balaban J connectivity index is 2.58. The third kappa shape index (κ3) is 6.18. The minimum Gasteiger partial charge on any atom is -0.348 e. The quantitative estimate of drug-likeness (QED) is 0.482. The molecule has 0 bridgehead atoms. The van der Waals surface area contributed by atoms with E-state index in [9.17, 15) is 9.59 Å². The predicted octanol–water partition coefficient (Wildman–Crippen LogP) is -0.606. The summed E-state index contributed by atoms with van der Waals surface area (Å²) in [7, 11) is 0. The monoisotopic (exact) mass is 299 g/mol. The number of hydrogen-bond acceptors (Lipinski definition) is 6. The largest absolute Gasteiger partial charge is 0.348 e. The van der Waals surface area contributed by atoms with Crippen LogP contribution in [-0.4, -0.2) is 45.9 Å². The van der Waals surface area contributed by atoms with Crippen LogP contribution in [0.25, 0.3) is 0 Å². The van der Waals surface area contributed by atoms with Crippen molar-refractivity contribution >= 4 is 22.8 Å². The number of carbonyl (C=O) groups is 2. The number of aromatic nitrogens is 2. The molecule has 1 aromatic rings. The van der Waals surface area contributed by atoms with E-state index < -0.39 is 6.04 Å². The summed E-state index contributed by atoms with van der Waals surface area (Å²) in [5.41, 5.74) is 11.6. The lowest BCUT2D eigenvalue weighted by atomic mass is 10.1. The standard InChI is InChI=1S/C12H21N5O2S/c13-3-1-2-11(18)17-10(12(19)20-5-4-14)6-9-7-15-8-16-9/h7-8,10H,1-6,13-14H2,(H,15,16)(H,17,18)/t10-/m0/s1. The molecule has 8 heteroatoms. The van der Waals surface area contributed by atoms with E-state index in [-0.39, 0.29) is 11.0 Å². The Morgan fingerprint density at radius 1 is 1.40 bits per heavy atom. The number of amides is 1. The van der Waals surface area contributed by atoms with Crippen LogP contribution in [-0.2, 0) is 16.0 Å². The molecule has 0 aliphatic rings. The molecular formula is C12H21N5O2S.